The predicted octanol–water partition coefficient (Wildman–Crippen LogP) is 1.44. The Morgan fingerprint density at radius 1 is 1.48 bits per heavy atom. The molecule has 0 spiro atoms. The molecule has 1 rings (SSSR count). The number of rotatable bonds is 7. The van der Waals surface area contributed by atoms with Crippen LogP contribution >= 0.6 is 0 Å². The van der Waals surface area contributed by atoms with E-state index in [-0.39, 0.29) is 30.2 Å². The Bertz CT molecular complexity index is 558. The SMILES string of the molecule is CCOc1ccc(C(=O)NCC(C)C(=O)O)cc1[N+](=O)[O-]. The van der Waals surface area contributed by atoms with E-state index in [1.54, 1.807) is 6.92 Å². The largest absolute Gasteiger partial charge is 0.487 e. The van der Waals surface area contributed by atoms with Crippen molar-refractivity contribution in [2.45, 2.75) is 13.8 Å². The zero-order chi connectivity index (χ0) is 16.0. The fourth-order valence-corrected chi connectivity index (χ4v) is 1.51. The van der Waals surface area contributed by atoms with Crippen LogP contribution in [-0.2, 0) is 4.79 Å². The lowest BCUT2D eigenvalue weighted by molar-refractivity contribution is -0.385. The zero-order valence-corrected chi connectivity index (χ0v) is 11.7. The third kappa shape index (κ3) is 4.44. The second-order valence-electron chi connectivity index (χ2n) is 4.32. The second-order valence-corrected chi connectivity index (χ2v) is 4.32. The van der Waals surface area contributed by atoms with Gasteiger partial charge < -0.3 is 15.2 Å². The lowest BCUT2D eigenvalue weighted by atomic mass is 10.1. The molecule has 1 unspecified atom stereocenters. The van der Waals surface area contributed by atoms with E-state index < -0.39 is 22.7 Å². The van der Waals surface area contributed by atoms with E-state index in [4.69, 9.17) is 9.84 Å². The first-order valence-corrected chi connectivity index (χ1v) is 6.29. The van der Waals surface area contributed by atoms with Crippen LogP contribution in [0.15, 0.2) is 18.2 Å². The molecule has 8 heteroatoms. The van der Waals surface area contributed by atoms with E-state index in [1.165, 1.54) is 19.1 Å². The number of aliphatic carboxylic acids is 1. The van der Waals surface area contributed by atoms with Crippen LogP contribution in [0.25, 0.3) is 0 Å². The highest BCUT2D eigenvalue weighted by molar-refractivity contribution is 5.95. The minimum Gasteiger partial charge on any atom is -0.487 e. The third-order valence-corrected chi connectivity index (χ3v) is 2.71. The summed E-state index contributed by atoms with van der Waals surface area (Å²) in [5, 5.41) is 22.1. The number of hydrogen-bond donors (Lipinski definition) is 2. The minimum atomic E-state index is -1.03. The molecular weight excluding hydrogens is 280 g/mol. The van der Waals surface area contributed by atoms with Gasteiger partial charge in [0.25, 0.3) is 5.91 Å². The van der Waals surface area contributed by atoms with Crippen molar-refractivity contribution in [3.63, 3.8) is 0 Å². The average molecular weight is 296 g/mol. The molecule has 0 aliphatic heterocycles. The van der Waals surface area contributed by atoms with Gasteiger partial charge in [0, 0.05) is 18.2 Å². The van der Waals surface area contributed by atoms with Gasteiger partial charge in [0.15, 0.2) is 5.75 Å². The molecule has 1 atom stereocenters. The van der Waals surface area contributed by atoms with Crippen molar-refractivity contribution in [1.29, 1.82) is 0 Å². The van der Waals surface area contributed by atoms with Crippen molar-refractivity contribution in [1.82, 2.24) is 5.32 Å². The minimum absolute atomic E-state index is 0.0603. The zero-order valence-electron chi connectivity index (χ0n) is 11.7. The van der Waals surface area contributed by atoms with Crippen molar-refractivity contribution >= 4 is 17.6 Å². The van der Waals surface area contributed by atoms with Crippen LogP contribution in [0.5, 0.6) is 5.75 Å². The Morgan fingerprint density at radius 2 is 2.14 bits per heavy atom. The number of carboxylic acids is 1. The van der Waals surface area contributed by atoms with E-state index in [9.17, 15) is 19.7 Å². The van der Waals surface area contributed by atoms with E-state index in [0.29, 0.717) is 0 Å². The summed E-state index contributed by atoms with van der Waals surface area (Å²) < 4.78 is 5.11. The van der Waals surface area contributed by atoms with Crippen molar-refractivity contribution in [3.05, 3.63) is 33.9 Å². The quantitative estimate of drug-likeness (QED) is 0.580. The highest BCUT2D eigenvalue weighted by Gasteiger charge is 2.19. The molecular formula is C13H16N2O6. The van der Waals surface area contributed by atoms with Crippen LogP contribution in [0.3, 0.4) is 0 Å². The summed E-state index contributed by atoms with van der Waals surface area (Å²) in [4.78, 5) is 32.8. The van der Waals surface area contributed by atoms with Gasteiger partial charge in [-0.3, -0.25) is 19.7 Å². The maximum atomic E-state index is 11.8. The van der Waals surface area contributed by atoms with Gasteiger partial charge in [-0.05, 0) is 19.1 Å². The molecule has 114 valence electrons. The van der Waals surface area contributed by atoms with Gasteiger partial charge in [-0.15, -0.1) is 0 Å². The smallest absolute Gasteiger partial charge is 0.311 e. The lowest BCUT2D eigenvalue weighted by Gasteiger charge is -2.09. The van der Waals surface area contributed by atoms with Crippen molar-refractivity contribution in [3.8, 4) is 5.75 Å². The van der Waals surface area contributed by atoms with E-state index in [1.807, 2.05) is 0 Å². The number of benzene rings is 1. The first-order valence-electron chi connectivity index (χ1n) is 6.29. The van der Waals surface area contributed by atoms with Gasteiger partial charge in [0.1, 0.15) is 0 Å². The molecule has 0 radical (unpaired) electrons. The van der Waals surface area contributed by atoms with Crippen LogP contribution in [0.1, 0.15) is 24.2 Å². The standard InChI is InChI=1S/C13H16N2O6/c1-3-21-11-5-4-9(6-10(11)15(19)20)12(16)14-7-8(2)13(17)18/h4-6,8H,3,7H2,1-2H3,(H,14,16)(H,17,18). The number of ether oxygens (including phenoxy) is 1. The van der Waals surface area contributed by atoms with Crippen LogP contribution < -0.4 is 10.1 Å². The third-order valence-electron chi connectivity index (χ3n) is 2.71. The second kappa shape index (κ2) is 7.22. The molecule has 0 saturated carbocycles. The molecule has 0 bridgehead atoms. The summed E-state index contributed by atoms with van der Waals surface area (Å²) in [6.45, 7) is 3.35. The Hall–Kier alpha value is -2.64. The van der Waals surface area contributed by atoms with Gasteiger partial charge >= 0.3 is 11.7 Å². The Labute approximate surface area is 120 Å². The molecule has 0 fully saturated rings. The van der Waals surface area contributed by atoms with Gasteiger partial charge in [-0.25, -0.2) is 0 Å². The molecule has 0 aliphatic rings. The van der Waals surface area contributed by atoms with Crippen LogP contribution in [-0.4, -0.2) is 35.1 Å². The molecule has 1 aromatic carbocycles. The monoisotopic (exact) mass is 296 g/mol. The number of carboxylic acid groups (broad SMARTS) is 1. The molecule has 0 aromatic heterocycles. The fraction of sp³-hybridized carbons (Fsp3) is 0.385. The van der Waals surface area contributed by atoms with Crippen molar-refractivity contribution < 1.29 is 24.4 Å². The Kier molecular flexibility index (Phi) is 5.65. The number of nitro benzene ring substituents is 1. The highest BCUT2D eigenvalue weighted by atomic mass is 16.6. The van der Waals surface area contributed by atoms with Gasteiger partial charge in [0.05, 0.1) is 17.4 Å². The summed E-state index contributed by atoms with van der Waals surface area (Å²) in [6.07, 6.45) is 0. The molecule has 21 heavy (non-hydrogen) atoms. The normalized spacial score (nSPS) is 11.5. The summed E-state index contributed by atoms with van der Waals surface area (Å²) in [6, 6.07) is 3.84. The Morgan fingerprint density at radius 3 is 2.67 bits per heavy atom. The van der Waals surface area contributed by atoms with Crippen molar-refractivity contribution in [2.75, 3.05) is 13.2 Å². The van der Waals surface area contributed by atoms with Crippen molar-refractivity contribution in [2.24, 2.45) is 5.92 Å². The number of nitrogens with one attached hydrogen (secondary N) is 1. The molecule has 0 saturated heterocycles. The molecule has 2 N–H and O–H groups in total. The molecule has 1 amide bonds. The number of carbonyl (C=O) groups is 2. The summed E-state index contributed by atoms with van der Waals surface area (Å²) in [5.41, 5.74) is -0.237. The van der Waals surface area contributed by atoms with E-state index >= 15 is 0 Å². The molecule has 1 aromatic rings. The van der Waals surface area contributed by atoms with Crippen LogP contribution in [0, 0.1) is 16.0 Å². The first kappa shape index (κ1) is 16.4. The summed E-state index contributed by atoms with van der Waals surface area (Å²) in [7, 11) is 0. The van der Waals surface area contributed by atoms with Crippen LogP contribution in [0.4, 0.5) is 5.69 Å². The lowest BCUT2D eigenvalue weighted by Crippen LogP contribution is -2.31. The topological polar surface area (TPSA) is 119 Å². The number of amides is 1. The van der Waals surface area contributed by atoms with Gasteiger partial charge in [-0.1, -0.05) is 6.92 Å². The summed E-state index contributed by atoms with van der Waals surface area (Å²) >= 11 is 0. The molecule has 8 nitrogen and oxygen atoms in total. The number of nitro groups is 1. The van der Waals surface area contributed by atoms with Crippen LogP contribution in [0.2, 0.25) is 0 Å². The van der Waals surface area contributed by atoms with Gasteiger partial charge in [-0.2, -0.15) is 0 Å². The summed E-state index contributed by atoms with van der Waals surface area (Å²) in [5.74, 6) is -2.27. The molecule has 0 heterocycles. The first-order chi connectivity index (χ1) is 9.86. The maximum Gasteiger partial charge on any atom is 0.311 e. The van der Waals surface area contributed by atoms with Gasteiger partial charge in [0.2, 0.25) is 0 Å². The number of hydrogen-bond acceptors (Lipinski definition) is 5. The number of carbonyl (C=O) groups excluding carboxylic acids is 1. The maximum absolute atomic E-state index is 11.8. The number of nitrogens with zero attached hydrogens (tertiary/aromatic N) is 1. The average Bonchev–Trinajstić information content (AvgIpc) is 2.44. The van der Waals surface area contributed by atoms with E-state index in [2.05, 4.69) is 5.32 Å². The molecule has 0 aliphatic carbocycles. The highest BCUT2D eigenvalue weighted by Crippen LogP contribution is 2.27. The Balaban J connectivity index is 2.88. The fourth-order valence-electron chi connectivity index (χ4n) is 1.51. The van der Waals surface area contributed by atoms with E-state index in [0.717, 1.165) is 6.07 Å². The predicted molar refractivity (Wildman–Crippen MR) is 73.4 cm³/mol.